The first-order chi connectivity index (χ1) is 10.6. The highest BCUT2D eigenvalue weighted by atomic mass is 19.1. The lowest BCUT2D eigenvalue weighted by molar-refractivity contribution is -0.128. The van der Waals surface area contributed by atoms with Crippen LogP contribution in [0.15, 0.2) is 24.3 Å². The van der Waals surface area contributed by atoms with E-state index in [1.165, 1.54) is 12.1 Å². The Morgan fingerprint density at radius 2 is 2.18 bits per heavy atom. The van der Waals surface area contributed by atoms with Crippen LogP contribution >= 0.6 is 0 Å². The maximum atomic E-state index is 13.1. The molecule has 5 heteroatoms. The first kappa shape index (κ1) is 16.7. The highest BCUT2D eigenvalue weighted by Crippen LogP contribution is 2.23. The largest absolute Gasteiger partial charge is 0.481 e. The molecule has 22 heavy (non-hydrogen) atoms. The van der Waals surface area contributed by atoms with Gasteiger partial charge in [0.1, 0.15) is 11.6 Å². The topological polar surface area (TPSA) is 58.6 Å². The van der Waals surface area contributed by atoms with E-state index in [1.54, 1.807) is 19.1 Å². The zero-order valence-electron chi connectivity index (χ0n) is 12.9. The number of hydrogen-bond donors (Lipinski definition) is 2. The fraction of sp³-hybridized carbons (Fsp3) is 0.588. The van der Waals surface area contributed by atoms with E-state index in [-0.39, 0.29) is 24.5 Å². The average Bonchev–Trinajstić information content (AvgIpc) is 2.72. The third-order valence-corrected chi connectivity index (χ3v) is 4.20. The molecule has 0 aromatic heterocycles. The zero-order valence-corrected chi connectivity index (χ0v) is 12.9. The van der Waals surface area contributed by atoms with Gasteiger partial charge in [0, 0.05) is 24.6 Å². The van der Waals surface area contributed by atoms with Gasteiger partial charge in [-0.1, -0.05) is 25.3 Å². The summed E-state index contributed by atoms with van der Waals surface area (Å²) >= 11 is 0. The number of aliphatic hydroxyl groups excluding tert-OH is 1. The van der Waals surface area contributed by atoms with Gasteiger partial charge in [-0.25, -0.2) is 4.39 Å². The predicted octanol–water partition coefficient (Wildman–Crippen LogP) is 2.65. The van der Waals surface area contributed by atoms with Crippen molar-refractivity contribution in [3.05, 3.63) is 30.1 Å². The molecule has 1 saturated carbocycles. The first-order valence-electron chi connectivity index (χ1n) is 7.93. The highest BCUT2D eigenvalue weighted by molar-refractivity contribution is 5.81. The molecule has 1 aromatic rings. The number of aliphatic hydroxyl groups is 1. The third-order valence-electron chi connectivity index (χ3n) is 4.20. The molecule has 1 aliphatic rings. The molecule has 0 heterocycles. The molecule has 3 unspecified atom stereocenters. The van der Waals surface area contributed by atoms with Crippen molar-refractivity contribution in [3.63, 3.8) is 0 Å². The van der Waals surface area contributed by atoms with Gasteiger partial charge in [-0.3, -0.25) is 4.79 Å². The van der Waals surface area contributed by atoms with E-state index in [1.807, 2.05) is 0 Å². The minimum absolute atomic E-state index is 0.0152. The molecule has 0 aliphatic heterocycles. The lowest BCUT2D eigenvalue weighted by Gasteiger charge is -2.26. The summed E-state index contributed by atoms with van der Waals surface area (Å²) in [6.07, 6.45) is 4.39. The summed E-state index contributed by atoms with van der Waals surface area (Å²) < 4.78 is 18.6. The summed E-state index contributed by atoms with van der Waals surface area (Å²) in [5.74, 6) is -0.182. The van der Waals surface area contributed by atoms with Crippen LogP contribution in [-0.2, 0) is 4.79 Å². The molecular weight excluding hydrogens is 285 g/mol. The van der Waals surface area contributed by atoms with E-state index in [0.29, 0.717) is 5.75 Å². The van der Waals surface area contributed by atoms with Gasteiger partial charge in [0.25, 0.3) is 5.91 Å². The van der Waals surface area contributed by atoms with Gasteiger partial charge in [0.2, 0.25) is 0 Å². The van der Waals surface area contributed by atoms with Gasteiger partial charge in [-0.05, 0) is 31.9 Å². The minimum atomic E-state index is -0.704. The van der Waals surface area contributed by atoms with Gasteiger partial charge in [0.15, 0.2) is 6.10 Å². The van der Waals surface area contributed by atoms with Crippen LogP contribution in [0.5, 0.6) is 5.75 Å². The monoisotopic (exact) mass is 309 g/mol. The zero-order chi connectivity index (χ0) is 15.9. The van der Waals surface area contributed by atoms with Gasteiger partial charge in [-0.15, -0.1) is 0 Å². The standard InChI is InChI=1S/C17H24FNO3/c1-12(22-15-8-5-7-14(18)10-15)17(21)19-16-9-4-2-3-6-13(16)11-20/h5,7-8,10,12-13,16,20H,2-4,6,9,11H2,1H3,(H,19,21). The molecular formula is C17H24FNO3. The average molecular weight is 309 g/mol. The Hall–Kier alpha value is -1.62. The Bertz CT molecular complexity index is 495. The molecule has 0 spiro atoms. The summed E-state index contributed by atoms with van der Waals surface area (Å²) in [4.78, 5) is 12.3. The van der Waals surface area contributed by atoms with Crippen LogP contribution in [-0.4, -0.2) is 29.8 Å². The third kappa shape index (κ3) is 4.70. The highest BCUT2D eigenvalue weighted by Gasteiger charge is 2.26. The molecule has 0 radical (unpaired) electrons. The molecule has 2 N–H and O–H groups in total. The molecule has 0 saturated heterocycles. The fourth-order valence-electron chi connectivity index (χ4n) is 2.89. The van der Waals surface area contributed by atoms with E-state index >= 15 is 0 Å². The second kappa shape index (κ2) is 8.13. The van der Waals surface area contributed by atoms with E-state index < -0.39 is 11.9 Å². The number of hydrogen-bond acceptors (Lipinski definition) is 3. The van der Waals surface area contributed by atoms with Crippen molar-refractivity contribution >= 4 is 5.91 Å². The molecule has 1 fully saturated rings. The quantitative estimate of drug-likeness (QED) is 0.822. The lowest BCUT2D eigenvalue weighted by Crippen LogP contribution is -2.46. The molecule has 1 amide bonds. The predicted molar refractivity (Wildman–Crippen MR) is 82.1 cm³/mol. The van der Waals surface area contributed by atoms with Crippen LogP contribution in [0.2, 0.25) is 0 Å². The van der Waals surface area contributed by atoms with Gasteiger partial charge in [-0.2, -0.15) is 0 Å². The number of carbonyl (C=O) groups excluding carboxylic acids is 1. The van der Waals surface area contributed by atoms with Crippen LogP contribution in [0.3, 0.4) is 0 Å². The maximum absolute atomic E-state index is 13.1. The number of amides is 1. The fourth-order valence-corrected chi connectivity index (χ4v) is 2.89. The lowest BCUT2D eigenvalue weighted by atomic mass is 9.95. The molecule has 3 atom stereocenters. The van der Waals surface area contributed by atoms with E-state index in [2.05, 4.69) is 5.32 Å². The van der Waals surface area contributed by atoms with Crippen LogP contribution in [0.1, 0.15) is 39.0 Å². The second-order valence-electron chi connectivity index (χ2n) is 5.91. The summed E-state index contributed by atoms with van der Waals surface area (Å²) in [5, 5.41) is 12.5. The van der Waals surface area contributed by atoms with Crippen molar-refractivity contribution in [3.8, 4) is 5.75 Å². The minimum Gasteiger partial charge on any atom is -0.481 e. The molecule has 122 valence electrons. The van der Waals surface area contributed by atoms with Crippen molar-refractivity contribution in [2.75, 3.05) is 6.61 Å². The van der Waals surface area contributed by atoms with Gasteiger partial charge in [0.05, 0.1) is 0 Å². The van der Waals surface area contributed by atoms with E-state index in [9.17, 15) is 14.3 Å². The van der Waals surface area contributed by atoms with E-state index in [0.717, 1.165) is 32.1 Å². The summed E-state index contributed by atoms with van der Waals surface area (Å²) in [5.41, 5.74) is 0. The Morgan fingerprint density at radius 1 is 1.41 bits per heavy atom. The van der Waals surface area contributed by atoms with Crippen molar-refractivity contribution in [2.45, 2.75) is 51.2 Å². The molecule has 1 aliphatic carbocycles. The molecule has 2 rings (SSSR count). The number of rotatable bonds is 5. The molecule has 0 bridgehead atoms. The summed E-state index contributed by atoms with van der Waals surface area (Å²) in [6.45, 7) is 1.73. The maximum Gasteiger partial charge on any atom is 0.261 e. The van der Waals surface area contributed by atoms with Gasteiger partial charge < -0.3 is 15.2 Å². The normalized spacial score (nSPS) is 23.4. The van der Waals surface area contributed by atoms with Crippen LogP contribution in [0, 0.1) is 11.7 Å². The van der Waals surface area contributed by atoms with Crippen molar-refractivity contribution in [2.24, 2.45) is 5.92 Å². The van der Waals surface area contributed by atoms with Crippen LogP contribution < -0.4 is 10.1 Å². The second-order valence-corrected chi connectivity index (χ2v) is 5.91. The van der Waals surface area contributed by atoms with Crippen molar-refractivity contribution in [1.82, 2.24) is 5.32 Å². The van der Waals surface area contributed by atoms with Crippen LogP contribution in [0.25, 0.3) is 0 Å². The van der Waals surface area contributed by atoms with Crippen molar-refractivity contribution < 1.29 is 19.0 Å². The smallest absolute Gasteiger partial charge is 0.261 e. The van der Waals surface area contributed by atoms with Crippen molar-refractivity contribution in [1.29, 1.82) is 0 Å². The SMILES string of the molecule is CC(Oc1cccc(F)c1)C(=O)NC1CCCCCC1CO. The summed E-state index contributed by atoms with van der Waals surface area (Å²) in [6, 6.07) is 5.73. The Labute approximate surface area is 130 Å². The Morgan fingerprint density at radius 3 is 2.91 bits per heavy atom. The molecule has 1 aromatic carbocycles. The van der Waals surface area contributed by atoms with E-state index in [4.69, 9.17) is 4.74 Å². The number of carbonyl (C=O) groups is 1. The molecule has 4 nitrogen and oxygen atoms in total. The van der Waals surface area contributed by atoms with Gasteiger partial charge >= 0.3 is 0 Å². The number of benzene rings is 1. The number of nitrogens with one attached hydrogen (secondary N) is 1. The number of ether oxygens (including phenoxy) is 1. The van der Waals surface area contributed by atoms with Crippen LogP contribution in [0.4, 0.5) is 4.39 Å². The summed E-state index contributed by atoms with van der Waals surface area (Å²) in [7, 11) is 0. The Kier molecular flexibility index (Phi) is 6.19. The number of halogens is 1. The Balaban J connectivity index is 1.92. The first-order valence-corrected chi connectivity index (χ1v) is 7.93.